The number of piperidine rings is 1. The zero-order chi connectivity index (χ0) is 23.6. The molecule has 1 amide bonds. The molecule has 0 unspecified atom stereocenters. The fraction of sp³-hybridized carbons (Fsp3) is 0.286. The maximum atomic E-state index is 12.7. The number of carbonyl (C=O) groups is 1. The van der Waals surface area contributed by atoms with E-state index in [4.69, 9.17) is 4.42 Å². The lowest BCUT2D eigenvalue weighted by Gasteiger charge is -2.25. The number of hydrogen-bond acceptors (Lipinski definition) is 8. The molecule has 1 N–H and O–H groups in total. The zero-order valence-electron chi connectivity index (χ0n) is 17.8. The summed E-state index contributed by atoms with van der Waals surface area (Å²) in [6.45, 7) is 0.985. The van der Waals surface area contributed by atoms with Crippen LogP contribution in [0, 0.1) is 0 Å². The number of nitrogens with zero attached hydrogens (tertiary/aromatic N) is 3. The van der Waals surface area contributed by atoms with E-state index in [-0.39, 0.29) is 32.8 Å². The molecule has 2 heterocycles. The third-order valence-corrected chi connectivity index (χ3v) is 8.30. The molecule has 0 saturated carbocycles. The van der Waals surface area contributed by atoms with Gasteiger partial charge >= 0.3 is 6.01 Å². The maximum Gasteiger partial charge on any atom is 0.322 e. The lowest BCUT2D eigenvalue weighted by atomic mass is 10.2. The number of aromatic nitrogens is 2. The number of sulfone groups is 1. The van der Waals surface area contributed by atoms with Gasteiger partial charge in [-0.15, -0.1) is 5.10 Å². The summed E-state index contributed by atoms with van der Waals surface area (Å²) in [6.07, 6.45) is 3.75. The molecule has 0 radical (unpaired) electrons. The number of benzene rings is 2. The van der Waals surface area contributed by atoms with Gasteiger partial charge in [-0.3, -0.25) is 10.1 Å². The van der Waals surface area contributed by atoms with Crippen LogP contribution in [0.3, 0.4) is 0 Å². The molecule has 174 valence electrons. The maximum absolute atomic E-state index is 12.7. The number of hydrogen-bond donors (Lipinski definition) is 1. The van der Waals surface area contributed by atoms with Crippen molar-refractivity contribution >= 4 is 31.8 Å². The molecule has 4 rings (SSSR count). The Labute approximate surface area is 191 Å². The van der Waals surface area contributed by atoms with E-state index in [2.05, 4.69) is 15.5 Å². The largest absolute Gasteiger partial charge is 0.403 e. The number of rotatable bonds is 6. The van der Waals surface area contributed by atoms with E-state index in [1.165, 1.54) is 40.7 Å². The Bertz CT molecular complexity index is 1380. The van der Waals surface area contributed by atoms with Crippen LogP contribution >= 0.6 is 0 Å². The molecule has 1 fully saturated rings. The predicted octanol–water partition coefficient (Wildman–Crippen LogP) is 2.57. The van der Waals surface area contributed by atoms with Gasteiger partial charge in [-0.05, 0) is 49.2 Å². The van der Waals surface area contributed by atoms with Gasteiger partial charge < -0.3 is 4.42 Å². The Morgan fingerprint density at radius 3 is 2.27 bits per heavy atom. The third kappa shape index (κ3) is 4.97. The van der Waals surface area contributed by atoms with Gasteiger partial charge in [-0.1, -0.05) is 23.7 Å². The number of nitrogens with one attached hydrogen (secondary N) is 1. The van der Waals surface area contributed by atoms with Crippen LogP contribution in [0.2, 0.25) is 0 Å². The summed E-state index contributed by atoms with van der Waals surface area (Å²) in [5.74, 6) is -0.641. The molecule has 1 saturated heterocycles. The molecule has 12 heteroatoms. The molecule has 1 aromatic heterocycles. The lowest BCUT2D eigenvalue weighted by Crippen LogP contribution is -2.35. The minimum atomic E-state index is -3.60. The van der Waals surface area contributed by atoms with Gasteiger partial charge in [0, 0.05) is 24.9 Å². The fourth-order valence-corrected chi connectivity index (χ4v) is 5.95. The SMILES string of the molecule is CS(=O)(=O)c1ccccc1-c1nnc(NC(=O)c2ccc(S(=O)(=O)N3CCCCC3)cc2)o1. The highest BCUT2D eigenvalue weighted by Crippen LogP contribution is 2.27. The molecule has 0 aliphatic carbocycles. The molecular formula is C21H22N4O6S2. The van der Waals surface area contributed by atoms with E-state index >= 15 is 0 Å². The number of carbonyl (C=O) groups excluding carboxylic acids is 1. The van der Waals surface area contributed by atoms with Crippen molar-refractivity contribution in [2.75, 3.05) is 24.7 Å². The first-order valence-corrected chi connectivity index (χ1v) is 13.5. The molecule has 0 atom stereocenters. The quantitative estimate of drug-likeness (QED) is 0.556. The first-order chi connectivity index (χ1) is 15.7. The van der Waals surface area contributed by atoms with Crippen molar-refractivity contribution in [3.8, 4) is 11.5 Å². The molecule has 0 bridgehead atoms. The van der Waals surface area contributed by atoms with E-state index < -0.39 is 25.8 Å². The normalized spacial score (nSPS) is 15.3. The Kier molecular flexibility index (Phi) is 6.32. The van der Waals surface area contributed by atoms with Crippen molar-refractivity contribution in [1.29, 1.82) is 0 Å². The van der Waals surface area contributed by atoms with Crippen LogP contribution in [0.5, 0.6) is 0 Å². The van der Waals surface area contributed by atoms with Crippen molar-refractivity contribution in [1.82, 2.24) is 14.5 Å². The second kappa shape index (κ2) is 9.04. The van der Waals surface area contributed by atoms with Gasteiger partial charge in [0.05, 0.1) is 15.4 Å². The lowest BCUT2D eigenvalue weighted by molar-refractivity contribution is 0.102. The van der Waals surface area contributed by atoms with Crippen LogP contribution in [0.1, 0.15) is 29.6 Å². The summed E-state index contributed by atoms with van der Waals surface area (Å²) < 4.78 is 56.4. The number of amides is 1. The summed E-state index contributed by atoms with van der Waals surface area (Å²) in [5, 5.41) is 10.0. The topological polar surface area (TPSA) is 140 Å². The Morgan fingerprint density at radius 1 is 0.939 bits per heavy atom. The molecule has 33 heavy (non-hydrogen) atoms. The number of anilines is 1. The molecular weight excluding hydrogens is 468 g/mol. The summed E-state index contributed by atoms with van der Waals surface area (Å²) in [6, 6.07) is 11.5. The fourth-order valence-electron chi connectivity index (χ4n) is 3.55. The van der Waals surface area contributed by atoms with Gasteiger partial charge in [0.1, 0.15) is 0 Å². The van der Waals surface area contributed by atoms with Crippen molar-refractivity contribution in [2.45, 2.75) is 29.1 Å². The van der Waals surface area contributed by atoms with Crippen LogP contribution in [-0.4, -0.2) is 56.6 Å². The Hall–Kier alpha value is -3.09. The highest BCUT2D eigenvalue weighted by molar-refractivity contribution is 7.90. The monoisotopic (exact) mass is 490 g/mol. The summed E-state index contributed by atoms with van der Waals surface area (Å²) >= 11 is 0. The first kappa shape index (κ1) is 23.1. The third-order valence-electron chi connectivity index (χ3n) is 5.23. The number of sulfonamides is 1. The summed E-state index contributed by atoms with van der Waals surface area (Å²) in [7, 11) is -7.13. The van der Waals surface area contributed by atoms with Crippen LogP contribution in [0.15, 0.2) is 62.7 Å². The van der Waals surface area contributed by atoms with Crippen molar-refractivity contribution < 1.29 is 26.0 Å². The van der Waals surface area contributed by atoms with Crippen LogP contribution in [0.4, 0.5) is 6.01 Å². The minimum absolute atomic E-state index is 0.0250. The van der Waals surface area contributed by atoms with Gasteiger partial charge in [-0.2, -0.15) is 4.31 Å². The van der Waals surface area contributed by atoms with E-state index in [0.717, 1.165) is 25.5 Å². The van der Waals surface area contributed by atoms with Crippen LogP contribution in [-0.2, 0) is 19.9 Å². The van der Waals surface area contributed by atoms with Crippen molar-refractivity contribution in [3.05, 3.63) is 54.1 Å². The van der Waals surface area contributed by atoms with Crippen LogP contribution in [0.25, 0.3) is 11.5 Å². The first-order valence-electron chi connectivity index (χ1n) is 10.2. The van der Waals surface area contributed by atoms with Crippen LogP contribution < -0.4 is 5.32 Å². The molecule has 0 spiro atoms. The zero-order valence-corrected chi connectivity index (χ0v) is 19.4. The molecule has 10 nitrogen and oxygen atoms in total. The van der Waals surface area contributed by atoms with Gasteiger partial charge in [0.2, 0.25) is 10.0 Å². The Morgan fingerprint density at radius 2 is 1.61 bits per heavy atom. The molecule has 2 aromatic carbocycles. The average Bonchev–Trinajstić information content (AvgIpc) is 3.27. The second-order valence-electron chi connectivity index (χ2n) is 7.62. The van der Waals surface area contributed by atoms with E-state index in [9.17, 15) is 21.6 Å². The standard InChI is InChI=1S/C21H22N4O6S2/c1-32(27,28)18-8-4-3-7-17(18)20-23-24-21(31-20)22-19(26)15-9-11-16(12-10-15)33(29,30)25-13-5-2-6-14-25/h3-4,7-12H,2,5-6,13-14H2,1H3,(H,22,24,26). The summed E-state index contributed by atoms with van der Waals surface area (Å²) in [5.41, 5.74) is 0.421. The van der Waals surface area contributed by atoms with E-state index in [1.807, 2.05) is 0 Å². The molecule has 1 aliphatic rings. The predicted molar refractivity (Wildman–Crippen MR) is 120 cm³/mol. The van der Waals surface area contributed by atoms with Crippen molar-refractivity contribution in [3.63, 3.8) is 0 Å². The van der Waals surface area contributed by atoms with Gasteiger partial charge in [0.25, 0.3) is 11.8 Å². The second-order valence-corrected chi connectivity index (χ2v) is 11.5. The van der Waals surface area contributed by atoms with E-state index in [1.54, 1.807) is 12.1 Å². The van der Waals surface area contributed by atoms with Gasteiger partial charge in [-0.25, -0.2) is 16.8 Å². The highest BCUT2D eigenvalue weighted by atomic mass is 32.2. The summed E-state index contributed by atoms with van der Waals surface area (Å²) in [4.78, 5) is 12.7. The van der Waals surface area contributed by atoms with Crippen molar-refractivity contribution in [2.24, 2.45) is 0 Å². The van der Waals surface area contributed by atoms with E-state index in [0.29, 0.717) is 13.1 Å². The Balaban J connectivity index is 1.50. The average molecular weight is 491 g/mol. The molecule has 3 aromatic rings. The van der Waals surface area contributed by atoms with Gasteiger partial charge in [0.15, 0.2) is 9.84 Å². The highest BCUT2D eigenvalue weighted by Gasteiger charge is 2.26. The molecule has 1 aliphatic heterocycles. The minimum Gasteiger partial charge on any atom is -0.403 e. The smallest absolute Gasteiger partial charge is 0.322 e.